The van der Waals surface area contributed by atoms with Crippen LogP contribution in [0.1, 0.15) is 51.9 Å². The van der Waals surface area contributed by atoms with Gasteiger partial charge in [-0.1, -0.05) is 19.8 Å². The minimum absolute atomic E-state index is 0.463. The summed E-state index contributed by atoms with van der Waals surface area (Å²) >= 11 is 0. The molecule has 1 atom stereocenters. The minimum atomic E-state index is 0.463. The zero-order chi connectivity index (χ0) is 16.8. The molecule has 0 bridgehead atoms. The summed E-state index contributed by atoms with van der Waals surface area (Å²) in [5.74, 6) is 1.75. The van der Waals surface area contributed by atoms with Crippen molar-refractivity contribution < 1.29 is 4.74 Å². The lowest BCUT2D eigenvalue weighted by atomic mass is 9.89. The number of aliphatic imine (C=N–C) groups is 1. The van der Waals surface area contributed by atoms with Crippen molar-refractivity contribution in [1.82, 2.24) is 15.5 Å². The Kier molecular flexibility index (Phi) is 6.39. The summed E-state index contributed by atoms with van der Waals surface area (Å²) in [6.45, 7) is 9.00. The third-order valence-electron chi connectivity index (χ3n) is 6.19. The van der Waals surface area contributed by atoms with Crippen molar-refractivity contribution in [2.24, 2.45) is 16.3 Å². The number of nitrogens with one attached hydrogen (secondary N) is 2. The lowest BCUT2D eigenvalue weighted by Gasteiger charge is -2.34. The lowest BCUT2D eigenvalue weighted by Crippen LogP contribution is -2.50. The molecule has 0 aromatic heterocycles. The molecule has 24 heavy (non-hydrogen) atoms. The smallest absolute Gasteiger partial charge is 0.191 e. The van der Waals surface area contributed by atoms with E-state index in [0.29, 0.717) is 11.5 Å². The average Bonchev–Trinajstić information content (AvgIpc) is 3.25. The zero-order valence-corrected chi connectivity index (χ0v) is 15.6. The third kappa shape index (κ3) is 5.09. The van der Waals surface area contributed by atoms with Gasteiger partial charge in [0.05, 0.1) is 6.61 Å². The fraction of sp³-hybridized carbons (Fsp3) is 0.947. The van der Waals surface area contributed by atoms with E-state index in [4.69, 9.17) is 4.74 Å². The second kappa shape index (κ2) is 8.52. The van der Waals surface area contributed by atoms with Crippen LogP contribution in [0.3, 0.4) is 0 Å². The SMILES string of the molecule is CN=C(NCC1(C)CCCC1)NC1CCN(CC2CCOC2)CC1. The molecule has 5 nitrogen and oxygen atoms in total. The fourth-order valence-corrected chi connectivity index (χ4v) is 4.44. The molecule has 0 spiro atoms. The Morgan fingerprint density at radius 3 is 2.58 bits per heavy atom. The number of ether oxygens (including phenoxy) is 1. The van der Waals surface area contributed by atoms with E-state index in [2.05, 4.69) is 27.4 Å². The highest BCUT2D eigenvalue weighted by molar-refractivity contribution is 5.80. The van der Waals surface area contributed by atoms with Crippen LogP contribution in [-0.2, 0) is 4.74 Å². The van der Waals surface area contributed by atoms with Gasteiger partial charge in [0.25, 0.3) is 0 Å². The van der Waals surface area contributed by atoms with Gasteiger partial charge in [0.15, 0.2) is 5.96 Å². The van der Waals surface area contributed by atoms with E-state index in [1.807, 2.05) is 7.05 Å². The van der Waals surface area contributed by atoms with Gasteiger partial charge < -0.3 is 20.3 Å². The van der Waals surface area contributed by atoms with E-state index in [0.717, 1.165) is 31.6 Å². The molecule has 3 aliphatic rings. The van der Waals surface area contributed by atoms with Gasteiger partial charge in [0, 0.05) is 45.9 Å². The number of hydrogen-bond donors (Lipinski definition) is 2. The van der Waals surface area contributed by atoms with Crippen LogP contribution in [0.15, 0.2) is 4.99 Å². The zero-order valence-electron chi connectivity index (χ0n) is 15.6. The monoisotopic (exact) mass is 336 g/mol. The van der Waals surface area contributed by atoms with Crippen molar-refractivity contribution in [3.8, 4) is 0 Å². The van der Waals surface area contributed by atoms with E-state index in [9.17, 15) is 0 Å². The predicted octanol–water partition coefficient (Wildman–Crippen LogP) is 2.23. The van der Waals surface area contributed by atoms with Gasteiger partial charge in [-0.15, -0.1) is 0 Å². The maximum atomic E-state index is 5.50. The highest BCUT2D eigenvalue weighted by atomic mass is 16.5. The van der Waals surface area contributed by atoms with Crippen LogP contribution in [0.4, 0.5) is 0 Å². The van der Waals surface area contributed by atoms with Crippen LogP contribution >= 0.6 is 0 Å². The summed E-state index contributed by atoms with van der Waals surface area (Å²) in [5.41, 5.74) is 0.463. The molecule has 3 fully saturated rings. The summed E-state index contributed by atoms with van der Waals surface area (Å²) < 4.78 is 5.50. The average molecular weight is 337 g/mol. The van der Waals surface area contributed by atoms with E-state index in [1.165, 1.54) is 64.6 Å². The largest absolute Gasteiger partial charge is 0.381 e. The van der Waals surface area contributed by atoms with Gasteiger partial charge in [-0.2, -0.15) is 0 Å². The number of guanidine groups is 1. The first kappa shape index (κ1) is 18.0. The molecular formula is C19H36N4O. The highest BCUT2D eigenvalue weighted by Crippen LogP contribution is 2.36. The Morgan fingerprint density at radius 1 is 1.21 bits per heavy atom. The van der Waals surface area contributed by atoms with Gasteiger partial charge in [-0.3, -0.25) is 4.99 Å². The van der Waals surface area contributed by atoms with Crippen molar-refractivity contribution in [3.05, 3.63) is 0 Å². The van der Waals surface area contributed by atoms with Gasteiger partial charge in [0.2, 0.25) is 0 Å². The van der Waals surface area contributed by atoms with E-state index < -0.39 is 0 Å². The summed E-state index contributed by atoms with van der Waals surface area (Å²) in [4.78, 5) is 7.06. The molecule has 1 saturated carbocycles. The Morgan fingerprint density at radius 2 is 1.96 bits per heavy atom. The van der Waals surface area contributed by atoms with Crippen LogP contribution < -0.4 is 10.6 Å². The van der Waals surface area contributed by atoms with E-state index >= 15 is 0 Å². The van der Waals surface area contributed by atoms with Crippen molar-refractivity contribution in [2.45, 2.75) is 57.9 Å². The van der Waals surface area contributed by atoms with Crippen molar-refractivity contribution >= 4 is 5.96 Å². The van der Waals surface area contributed by atoms with Gasteiger partial charge in [-0.05, 0) is 43.4 Å². The topological polar surface area (TPSA) is 48.9 Å². The fourth-order valence-electron chi connectivity index (χ4n) is 4.44. The quantitative estimate of drug-likeness (QED) is 0.597. The Bertz CT molecular complexity index is 406. The molecule has 2 N–H and O–H groups in total. The molecule has 138 valence electrons. The molecule has 2 heterocycles. The van der Waals surface area contributed by atoms with Crippen molar-refractivity contribution in [1.29, 1.82) is 0 Å². The molecule has 1 aliphatic carbocycles. The maximum absolute atomic E-state index is 5.50. The van der Waals surface area contributed by atoms with E-state index in [1.54, 1.807) is 0 Å². The molecule has 0 radical (unpaired) electrons. The molecule has 0 aromatic rings. The first-order chi connectivity index (χ1) is 11.7. The Hall–Kier alpha value is -0.810. The summed E-state index contributed by atoms with van der Waals surface area (Å²) in [5, 5.41) is 7.23. The molecule has 5 heteroatoms. The van der Waals surface area contributed by atoms with Crippen LogP contribution in [0, 0.1) is 11.3 Å². The highest BCUT2D eigenvalue weighted by Gasteiger charge is 2.29. The molecular weight excluding hydrogens is 300 g/mol. The number of likely N-dealkylation sites (tertiary alicyclic amines) is 1. The maximum Gasteiger partial charge on any atom is 0.191 e. The molecule has 3 rings (SSSR count). The first-order valence-electron chi connectivity index (χ1n) is 9.94. The molecule has 0 amide bonds. The standard InChI is InChI=1S/C19H36N4O/c1-19(8-3-4-9-19)15-21-18(20-2)22-17-5-10-23(11-6-17)13-16-7-12-24-14-16/h16-17H,3-15H2,1-2H3,(H2,20,21,22). The van der Waals surface area contributed by atoms with Gasteiger partial charge in [0.1, 0.15) is 0 Å². The lowest BCUT2D eigenvalue weighted by molar-refractivity contribution is 0.150. The van der Waals surface area contributed by atoms with Crippen LogP contribution in [0.5, 0.6) is 0 Å². The number of rotatable bonds is 5. The number of piperidine rings is 1. The Labute approximate surface area is 147 Å². The van der Waals surface area contributed by atoms with Crippen molar-refractivity contribution in [2.75, 3.05) is 46.4 Å². The first-order valence-corrected chi connectivity index (χ1v) is 9.94. The molecule has 1 unspecified atom stereocenters. The van der Waals surface area contributed by atoms with Crippen LogP contribution in [0.2, 0.25) is 0 Å². The third-order valence-corrected chi connectivity index (χ3v) is 6.19. The van der Waals surface area contributed by atoms with E-state index in [-0.39, 0.29) is 0 Å². The van der Waals surface area contributed by atoms with Gasteiger partial charge in [-0.25, -0.2) is 0 Å². The normalized spacial score (nSPS) is 29.1. The molecule has 0 aromatic carbocycles. The summed E-state index contributed by atoms with van der Waals surface area (Å²) in [7, 11) is 1.89. The Balaban J connectivity index is 1.36. The van der Waals surface area contributed by atoms with Crippen LogP contribution in [-0.4, -0.2) is 63.3 Å². The second-order valence-corrected chi connectivity index (χ2v) is 8.39. The molecule has 2 aliphatic heterocycles. The minimum Gasteiger partial charge on any atom is -0.381 e. The molecule has 2 saturated heterocycles. The van der Waals surface area contributed by atoms with Crippen molar-refractivity contribution in [3.63, 3.8) is 0 Å². The predicted molar refractivity (Wildman–Crippen MR) is 99.5 cm³/mol. The van der Waals surface area contributed by atoms with Crippen LogP contribution in [0.25, 0.3) is 0 Å². The number of hydrogen-bond acceptors (Lipinski definition) is 3. The number of nitrogens with zero attached hydrogens (tertiary/aromatic N) is 2. The second-order valence-electron chi connectivity index (χ2n) is 8.39. The van der Waals surface area contributed by atoms with Gasteiger partial charge >= 0.3 is 0 Å². The summed E-state index contributed by atoms with van der Waals surface area (Å²) in [6, 6.07) is 0.559. The summed E-state index contributed by atoms with van der Waals surface area (Å²) in [6.07, 6.45) is 9.13.